The molecule has 0 spiro atoms. The average Bonchev–Trinajstić information content (AvgIpc) is 2.53. The maximum atomic E-state index is 12.4. The van der Waals surface area contributed by atoms with Gasteiger partial charge in [-0.15, -0.1) is 0 Å². The van der Waals surface area contributed by atoms with E-state index in [4.69, 9.17) is 4.55 Å². The van der Waals surface area contributed by atoms with Crippen LogP contribution in [0.2, 0.25) is 0 Å². The molecule has 1 N–H and O–H groups in total. The van der Waals surface area contributed by atoms with Crippen molar-refractivity contribution in [3.63, 3.8) is 0 Å². The van der Waals surface area contributed by atoms with Gasteiger partial charge in [-0.1, -0.05) is 54.6 Å². The second-order valence-corrected chi connectivity index (χ2v) is 8.07. The van der Waals surface area contributed by atoms with Gasteiger partial charge in [0.15, 0.2) is 5.78 Å². The van der Waals surface area contributed by atoms with Crippen molar-refractivity contribution in [2.45, 2.75) is 6.54 Å². The number of benzene rings is 2. The summed E-state index contributed by atoms with van der Waals surface area (Å²) in [6, 6.07) is 16.4. The van der Waals surface area contributed by atoms with Crippen molar-refractivity contribution in [3.8, 4) is 0 Å². The Morgan fingerprint density at radius 2 is 1.50 bits per heavy atom. The number of quaternary nitrogens is 1. The summed E-state index contributed by atoms with van der Waals surface area (Å²) >= 11 is 0. The van der Waals surface area contributed by atoms with Gasteiger partial charge in [-0.3, -0.25) is 9.35 Å². The molecule has 128 valence electrons. The minimum Gasteiger partial charge on any atom is -0.324 e. The molecule has 5 nitrogen and oxygen atoms in total. The Bertz CT molecular complexity index is 797. The molecule has 0 unspecified atom stereocenters. The predicted octanol–water partition coefficient (Wildman–Crippen LogP) is 2.38. The number of carbonyl (C=O) groups is 1. The van der Waals surface area contributed by atoms with Gasteiger partial charge in [-0.25, -0.2) is 0 Å². The SMILES string of the molecule is C[N+](C)(CCS(=O)(=O)O)Cc1ccc(C(=O)c2ccccc2)cc1. The van der Waals surface area contributed by atoms with Crippen LogP contribution in [0, 0.1) is 0 Å². The van der Waals surface area contributed by atoms with E-state index in [9.17, 15) is 13.2 Å². The molecular weight excluding hydrogens is 326 g/mol. The number of rotatable bonds is 7. The number of nitrogens with zero attached hydrogens (tertiary/aromatic N) is 1. The minimum atomic E-state index is -3.96. The van der Waals surface area contributed by atoms with E-state index >= 15 is 0 Å². The van der Waals surface area contributed by atoms with Crippen LogP contribution in [-0.4, -0.2) is 49.6 Å². The molecule has 0 heterocycles. The van der Waals surface area contributed by atoms with Crippen LogP contribution in [0.1, 0.15) is 21.5 Å². The molecule has 2 aromatic carbocycles. The minimum absolute atomic E-state index is 0.0257. The summed E-state index contributed by atoms with van der Waals surface area (Å²) in [6.07, 6.45) is 0. The third-order valence-electron chi connectivity index (χ3n) is 3.82. The average molecular weight is 348 g/mol. The van der Waals surface area contributed by atoms with Crippen LogP contribution >= 0.6 is 0 Å². The molecule has 24 heavy (non-hydrogen) atoms. The lowest BCUT2D eigenvalue weighted by Crippen LogP contribution is -2.42. The number of hydrogen-bond acceptors (Lipinski definition) is 3. The quantitative estimate of drug-likeness (QED) is 0.474. The normalized spacial score (nSPS) is 12.1. The van der Waals surface area contributed by atoms with Gasteiger partial charge in [0.05, 0.1) is 20.6 Å². The zero-order valence-corrected chi connectivity index (χ0v) is 14.7. The van der Waals surface area contributed by atoms with Crippen LogP contribution in [0.5, 0.6) is 0 Å². The van der Waals surface area contributed by atoms with Gasteiger partial charge in [0.1, 0.15) is 12.3 Å². The van der Waals surface area contributed by atoms with E-state index in [1.807, 2.05) is 44.4 Å². The van der Waals surface area contributed by atoms with Crippen molar-refractivity contribution in [3.05, 3.63) is 71.3 Å². The Morgan fingerprint density at radius 1 is 0.958 bits per heavy atom. The van der Waals surface area contributed by atoms with E-state index in [-0.39, 0.29) is 11.5 Å². The molecule has 2 rings (SSSR count). The zero-order chi connectivity index (χ0) is 17.8. The summed E-state index contributed by atoms with van der Waals surface area (Å²) in [7, 11) is -0.164. The first-order chi connectivity index (χ1) is 11.2. The largest absolute Gasteiger partial charge is 0.324 e. The Hall–Kier alpha value is -2.02. The highest BCUT2D eigenvalue weighted by atomic mass is 32.2. The second kappa shape index (κ2) is 7.25. The lowest BCUT2D eigenvalue weighted by atomic mass is 10.0. The van der Waals surface area contributed by atoms with Crippen molar-refractivity contribution in [2.24, 2.45) is 0 Å². The highest BCUT2D eigenvalue weighted by Crippen LogP contribution is 2.14. The molecular formula is C18H22NO4S+. The Labute approximate surface area is 142 Å². The standard InChI is InChI=1S/C18H21NO4S/c1-19(2,12-13-24(21,22)23)14-15-8-10-17(11-9-15)18(20)16-6-4-3-5-7-16/h3-11H,12-14H2,1-2H3/p+1. The molecule has 6 heteroatoms. The molecule has 0 saturated heterocycles. The van der Waals surface area contributed by atoms with Gasteiger partial charge in [0, 0.05) is 16.7 Å². The first kappa shape index (κ1) is 18.3. The number of carbonyl (C=O) groups excluding carboxylic acids is 1. The monoisotopic (exact) mass is 348 g/mol. The molecule has 0 bridgehead atoms. The maximum Gasteiger partial charge on any atom is 0.270 e. The Balaban J connectivity index is 2.05. The molecule has 0 fully saturated rings. The first-order valence-corrected chi connectivity index (χ1v) is 9.23. The summed E-state index contributed by atoms with van der Waals surface area (Å²) in [5.41, 5.74) is 2.27. The molecule has 0 aliphatic carbocycles. The maximum absolute atomic E-state index is 12.4. The fourth-order valence-electron chi connectivity index (χ4n) is 2.45. The van der Waals surface area contributed by atoms with E-state index in [1.54, 1.807) is 24.3 Å². The summed E-state index contributed by atoms with van der Waals surface area (Å²) in [6.45, 7) is 0.916. The fourth-order valence-corrected chi connectivity index (χ4v) is 3.18. The molecule has 0 amide bonds. The topological polar surface area (TPSA) is 71.4 Å². The summed E-state index contributed by atoms with van der Waals surface area (Å²) in [4.78, 5) is 12.4. The molecule has 2 aromatic rings. The molecule has 0 atom stereocenters. The highest BCUT2D eigenvalue weighted by molar-refractivity contribution is 7.85. The van der Waals surface area contributed by atoms with Crippen molar-refractivity contribution in [1.29, 1.82) is 0 Å². The van der Waals surface area contributed by atoms with Crippen LogP contribution in [-0.2, 0) is 16.7 Å². The van der Waals surface area contributed by atoms with Crippen molar-refractivity contribution < 1.29 is 22.2 Å². The molecule has 0 saturated carbocycles. The first-order valence-electron chi connectivity index (χ1n) is 7.62. The van der Waals surface area contributed by atoms with Crippen LogP contribution in [0.4, 0.5) is 0 Å². The zero-order valence-electron chi connectivity index (χ0n) is 13.8. The van der Waals surface area contributed by atoms with Gasteiger partial charge >= 0.3 is 0 Å². The lowest BCUT2D eigenvalue weighted by molar-refractivity contribution is -0.901. The van der Waals surface area contributed by atoms with E-state index in [0.29, 0.717) is 28.7 Å². The van der Waals surface area contributed by atoms with Crippen LogP contribution < -0.4 is 0 Å². The van der Waals surface area contributed by atoms with Crippen LogP contribution in [0.25, 0.3) is 0 Å². The van der Waals surface area contributed by atoms with Crippen molar-refractivity contribution >= 4 is 15.9 Å². The van der Waals surface area contributed by atoms with Gasteiger partial charge in [0.25, 0.3) is 10.1 Å². The van der Waals surface area contributed by atoms with Gasteiger partial charge in [-0.05, 0) is 0 Å². The third kappa shape index (κ3) is 5.56. The molecule has 0 aliphatic rings. The van der Waals surface area contributed by atoms with E-state index in [2.05, 4.69) is 0 Å². The number of ketones is 1. The van der Waals surface area contributed by atoms with Crippen LogP contribution in [0.15, 0.2) is 54.6 Å². The van der Waals surface area contributed by atoms with E-state index in [1.165, 1.54) is 0 Å². The van der Waals surface area contributed by atoms with Gasteiger partial charge < -0.3 is 4.48 Å². The Morgan fingerprint density at radius 3 is 2.04 bits per heavy atom. The third-order valence-corrected chi connectivity index (χ3v) is 4.52. The van der Waals surface area contributed by atoms with Gasteiger partial charge in [0.2, 0.25) is 0 Å². The molecule has 0 aromatic heterocycles. The predicted molar refractivity (Wildman–Crippen MR) is 93.4 cm³/mol. The van der Waals surface area contributed by atoms with E-state index in [0.717, 1.165) is 5.56 Å². The van der Waals surface area contributed by atoms with Crippen molar-refractivity contribution in [2.75, 3.05) is 26.4 Å². The molecule has 0 radical (unpaired) electrons. The highest BCUT2D eigenvalue weighted by Gasteiger charge is 2.20. The van der Waals surface area contributed by atoms with E-state index < -0.39 is 10.1 Å². The fraction of sp³-hybridized carbons (Fsp3) is 0.278. The Kier molecular flexibility index (Phi) is 5.54. The summed E-state index contributed by atoms with van der Waals surface area (Å²) in [5, 5.41) is 0. The summed E-state index contributed by atoms with van der Waals surface area (Å²) < 4.78 is 31.1. The van der Waals surface area contributed by atoms with Gasteiger partial charge in [-0.2, -0.15) is 8.42 Å². The summed E-state index contributed by atoms with van der Waals surface area (Å²) in [5.74, 6) is -0.299. The molecule has 0 aliphatic heterocycles. The van der Waals surface area contributed by atoms with Crippen LogP contribution in [0.3, 0.4) is 0 Å². The smallest absolute Gasteiger partial charge is 0.270 e. The lowest BCUT2D eigenvalue weighted by Gasteiger charge is -2.29. The van der Waals surface area contributed by atoms with Crippen molar-refractivity contribution in [1.82, 2.24) is 0 Å². The number of hydrogen-bond donors (Lipinski definition) is 1. The second-order valence-electron chi connectivity index (χ2n) is 6.50.